The summed E-state index contributed by atoms with van der Waals surface area (Å²) < 4.78 is 6.36. The maximum atomic E-state index is 5.98. The number of aromatic nitrogens is 2. The third-order valence-corrected chi connectivity index (χ3v) is 3.00. The van der Waals surface area contributed by atoms with Gasteiger partial charge in [0.1, 0.15) is 12.1 Å². The van der Waals surface area contributed by atoms with Crippen molar-refractivity contribution in [3.8, 4) is 11.6 Å². The molecule has 6 heteroatoms. The standard InChI is InChI=1S/C10H5Cl2IN2O/c11-6-1-2-9(7(12)3-6)16-10-8(13)4-14-5-15-10/h1-5H. The Morgan fingerprint density at radius 1 is 1.25 bits per heavy atom. The van der Waals surface area contributed by atoms with Gasteiger partial charge in [-0.25, -0.2) is 9.97 Å². The Labute approximate surface area is 116 Å². The second-order valence-electron chi connectivity index (χ2n) is 2.85. The van der Waals surface area contributed by atoms with Crippen LogP contribution >= 0.6 is 45.8 Å². The zero-order valence-corrected chi connectivity index (χ0v) is 11.5. The van der Waals surface area contributed by atoms with Crippen LogP contribution in [0.5, 0.6) is 11.6 Å². The summed E-state index contributed by atoms with van der Waals surface area (Å²) in [5.41, 5.74) is 0. The minimum atomic E-state index is 0.446. The van der Waals surface area contributed by atoms with E-state index in [2.05, 4.69) is 32.6 Å². The highest BCUT2D eigenvalue weighted by molar-refractivity contribution is 14.1. The van der Waals surface area contributed by atoms with Crippen LogP contribution in [0.25, 0.3) is 0 Å². The molecule has 0 amide bonds. The largest absolute Gasteiger partial charge is 0.436 e. The molecule has 0 fully saturated rings. The molecule has 82 valence electrons. The summed E-state index contributed by atoms with van der Waals surface area (Å²) in [6, 6.07) is 5.02. The Morgan fingerprint density at radius 3 is 2.75 bits per heavy atom. The van der Waals surface area contributed by atoms with Crippen LogP contribution in [0.15, 0.2) is 30.7 Å². The molecule has 0 aliphatic carbocycles. The maximum absolute atomic E-state index is 5.98. The number of hydrogen-bond donors (Lipinski definition) is 0. The molecule has 0 bridgehead atoms. The first-order valence-corrected chi connectivity index (χ1v) is 6.08. The smallest absolute Gasteiger partial charge is 0.235 e. The van der Waals surface area contributed by atoms with Crippen LogP contribution < -0.4 is 4.74 Å². The minimum absolute atomic E-state index is 0.446. The number of halogens is 3. The van der Waals surface area contributed by atoms with E-state index in [4.69, 9.17) is 27.9 Å². The van der Waals surface area contributed by atoms with Crippen molar-refractivity contribution in [3.05, 3.63) is 44.3 Å². The van der Waals surface area contributed by atoms with Gasteiger partial charge < -0.3 is 4.74 Å². The molecule has 3 nitrogen and oxygen atoms in total. The number of hydrogen-bond acceptors (Lipinski definition) is 3. The first kappa shape index (κ1) is 11.9. The topological polar surface area (TPSA) is 35.0 Å². The van der Waals surface area contributed by atoms with E-state index in [1.807, 2.05) is 0 Å². The monoisotopic (exact) mass is 366 g/mol. The van der Waals surface area contributed by atoms with Crippen molar-refractivity contribution in [1.29, 1.82) is 0 Å². The van der Waals surface area contributed by atoms with E-state index >= 15 is 0 Å². The molecule has 0 saturated heterocycles. The van der Waals surface area contributed by atoms with Crippen molar-refractivity contribution in [1.82, 2.24) is 9.97 Å². The summed E-state index contributed by atoms with van der Waals surface area (Å²) in [5, 5.41) is 1.01. The van der Waals surface area contributed by atoms with E-state index in [1.165, 1.54) is 6.33 Å². The molecule has 0 aliphatic heterocycles. The molecule has 1 aromatic heterocycles. The minimum Gasteiger partial charge on any atom is -0.436 e. The molecule has 2 rings (SSSR count). The number of rotatable bonds is 2. The Balaban J connectivity index is 2.31. The summed E-state index contributed by atoms with van der Waals surface area (Å²) in [6.45, 7) is 0. The Hall–Kier alpha value is -0.590. The van der Waals surface area contributed by atoms with Crippen LogP contribution in [-0.4, -0.2) is 9.97 Å². The Morgan fingerprint density at radius 2 is 2.06 bits per heavy atom. The van der Waals surface area contributed by atoms with Gasteiger partial charge in [-0.15, -0.1) is 0 Å². The van der Waals surface area contributed by atoms with Crippen molar-refractivity contribution in [3.63, 3.8) is 0 Å². The van der Waals surface area contributed by atoms with Gasteiger partial charge >= 0.3 is 0 Å². The fourth-order valence-electron chi connectivity index (χ4n) is 1.04. The normalized spacial score (nSPS) is 10.2. The molecule has 0 N–H and O–H groups in total. The summed E-state index contributed by atoms with van der Waals surface area (Å²) in [7, 11) is 0. The molecule has 1 heterocycles. The van der Waals surface area contributed by atoms with Crippen LogP contribution in [0.2, 0.25) is 10.0 Å². The van der Waals surface area contributed by atoms with Crippen LogP contribution in [0, 0.1) is 3.57 Å². The van der Waals surface area contributed by atoms with Gasteiger partial charge in [-0.1, -0.05) is 23.2 Å². The van der Waals surface area contributed by atoms with Crippen molar-refractivity contribution in [2.75, 3.05) is 0 Å². The predicted octanol–water partition coefficient (Wildman–Crippen LogP) is 4.18. The zero-order valence-electron chi connectivity index (χ0n) is 7.82. The summed E-state index contributed by atoms with van der Waals surface area (Å²) in [4.78, 5) is 7.88. The molecule has 1 aromatic carbocycles. The first-order valence-electron chi connectivity index (χ1n) is 4.25. The lowest BCUT2D eigenvalue weighted by molar-refractivity contribution is 0.458. The van der Waals surface area contributed by atoms with Gasteiger partial charge in [-0.2, -0.15) is 0 Å². The predicted molar refractivity (Wildman–Crippen MR) is 71.3 cm³/mol. The highest BCUT2D eigenvalue weighted by Gasteiger charge is 2.07. The van der Waals surface area contributed by atoms with Crippen LogP contribution in [0.3, 0.4) is 0 Å². The molecule has 0 spiro atoms. The summed E-state index contributed by atoms with van der Waals surface area (Å²) >= 11 is 13.8. The average Bonchev–Trinajstić information content (AvgIpc) is 2.25. The lowest BCUT2D eigenvalue weighted by Gasteiger charge is -2.07. The third-order valence-electron chi connectivity index (χ3n) is 1.73. The van der Waals surface area contributed by atoms with Crippen molar-refractivity contribution >= 4 is 45.8 Å². The summed E-state index contributed by atoms with van der Waals surface area (Å²) in [5.74, 6) is 0.988. The Bertz CT molecular complexity index is 522. The molecule has 0 aliphatic rings. The molecule has 0 saturated carbocycles. The fraction of sp³-hybridized carbons (Fsp3) is 0. The van der Waals surface area contributed by atoms with Gasteiger partial charge in [0, 0.05) is 11.2 Å². The number of nitrogens with zero attached hydrogens (tertiary/aromatic N) is 2. The highest BCUT2D eigenvalue weighted by Crippen LogP contribution is 2.31. The quantitative estimate of drug-likeness (QED) is 0.748. The molecule has 2 aromatic rings. The lowest BCUT2D eigenvalue weighted by atomic mass is 10.3. The van der Waals surface area contributed by atoms with Gasteiger partial charge in [0.15, 0.2) is 0 Å². The van der Waals surface area contributed by atoms with E-state index in [1.54, 1.807) is 24.4 Å². The van der Waals surface area contributed by atoms with Gasteiger partial charge in [-0.05, 0) is 40.8 Å². The molecule has 16 heavy (non-hydrogen) atoms. The van der Waals surface area contributed by atoms with Crippen LogP contribution in [0.1, 0.15) is 0 Å². The van der Waals surface area contributed by atoms with Gasteiger partial charge in [0.05, 0.1) is 8.59 Å². The van der Waals surface area contributed by atoms with Gasteiger partial charge in [0.2, 0.25) is 5.88 Å². The molecule has 0 unspecified atom stereocenters. The van der Waals surface area contributed by atoms with Crippen LogP contribution in [-0.2, 0) is 0 Å². The van der Waals surface area contributed by atoms with Gasteiger partial charge in [0.25, 0.3) is 0 Å². The van der Waals surface area contributed by atoms with E-state index in [0.29, 0.717) is 21.7 Å². The van der Waals surface area contributed by atoms with E-state index in [-0.39, 0.29) is 0 Å². The zero-order chi connectivity index (χ0) is 11.5. The van der Waals surface area contributed by atoms with E-state index < -0.39 is 0 Å². The lowest BCUT2D eigenvalue weighted by Crippen LogP contribution is -1.92. The SMILES string of the molecule is Clc1ccc(Oc2ncncc2I)c(Cl)c1. The maximum Gasteiger partial charge on any atom is 0.235 e. The molecular weight excluding hydrogens is 362 g/mol. The van der Waals surface area contributed by atoms with E-state index in [9.17, 15) is 0 Å². The first-order chi connectivity index (χ1) is 7.66. The van der Waals surface area contributed by atoms with Crippen molar-refractivity contribution in [2.24, 2.45) is 0 Å². The second-order valence-corrected chi connectivity index (χ2v) is 4.86. The average molecular weight is 367 g/mol. The van der Waals surface area contributed by atoms with Crippen LogP contribution in [0.4, 0.5) is 0 Å². The fourth-order valence-corrected chi connectivity index (χ4v) is 1.90. The van der Waals surface area contributed by atoms with Gasteiger partial charge in [-0.3, -0.25) is 0 Å². The molecular formula is C10H5Cl2IN2O. The van der Waals surface area contributed by atoms with E-state index in [0.717, 1.165) is 3.57 Å². The molecule has 0 radical (unpaired) electrons. The summed E-state index contributed by atoms with van der Waals surface area (Å²) in [6.07, 6.45) is 3.08. The second kappa shape index (κ2) is 5.16. The highest BCUT2D eigenvalue weighted by atomic mass is 127. The molecule has 0 atom stereocenters. The van der Waals surface area contributed by atoms with Crippen molar-refractivity contribution in [2.45, 2.75) is 0 Å². The number of benzene rings is 1. The third kappa shape index (κ3) is 2.75. The Kier molecular flexibility index (Phi) is 3.83. The number of ether oxygens (including phenoxy) is 1. The van der Waals surface area contributed by atoms with Crippen molar-refractivity contribution < 1.29 is 4.74 Å².